The maximum atomic E-state index is 5.30. The Morgan fingerprint density at radius 3 is 1.86 bits per heavy atom. The van der Waals surface area contributed by atoms with Gasteiger partial charge in [-0.05, 0) is 65.9 Å². The Balaban J connectivity index is 1.78. The summed E-state index contributed by atoms with van der Waals surface area (Å²) in [5.41, 5.74) is 3.89. The second-order valence-electron chi connectivity index (χ2n) is 6.29. The van der Waals surface area contributed by atoms with E-state index in [4.69, 9.17) is 14.5 Å². The average molecular weight is 401 g/mol. The van der Waals surface area contributed by atoms with E-state index in [1.54, 1.807) is 26.0 Å². The Morgan fingerprint density at radius 1 is 0.690 bits per heavy atom. The number of nitrogens with zero attached hydrogens (tertiary/aromatic N) is 2. The van der Waals surface area contributed by atoms with Crippen LogP contribution in [0.3, 0.4) is 0 Å². The van der Waals surface area contributed by atoms with Gasteiger partial charge in [0.15, 0.2) is 5.16 Å². The van der Waals surface area contributed by atoms with Crippen molar-refractivity contribution >= 4 is 11.8 Å². The SMILES string of the molecule is COc1ccc(-c2cnc(Sc3ccccc3)nc2-c2ccc(OC)cc2)cc1. The molecule has 0 spiro atoms. The molecule has 4 nitrogen and oxygen atoms in total. The molecular formula is C24H20N2O2S. The van der Waals surface area contributed by atoms with Crippen molar-refractivity contribution in [3.63, 3.8) is 0 Å². The van der Waals surface area contributed by atoms with E-state index in [0.29, 0.717) is 5.16 Å². The number of benzene rings is 3. The van der Waals surface area contributed by atoms with Gasteiger partial charge in [0.25, 0.3) is 0 Å². The van der Waals surface area contributed by atoms with Gasteiger partial charge in [-0.15, -0.1) is 0 Å². The van der Waals surface area contributed by atoms with Gasteiger partial charge in [-0.25, -0.2) is 9.97 Å². The van der Waals surface area contributed by atoms with E-state index in [9.17, 15) is 0 Å². The molecule has 0 unspecified atom stereocenters. The third-order valence-electron chi connectivity index (χ3n) is 4.48. The van der Waals surface area contributed by atoms with Gasteiger partial charge in [0, 0.05) is 22.2 Å². The summed E-state index contributed by atoms with van der Waals surface area (Å²) in [4.78, 5) is 10.6. The lowest BCUT2D eigenvalue weighted by Gasteiger charge is -2.12. The quantitative estimate of drug-likeness (QED) is 0.373. The molecule has 0 aliphatic heterocycles. The van der Waals surface area contributed by atoms with Gasteiger partial charge in [0.05, 0.1) is 19.9 Å². The summed E-state index contributed by atoms with van der Waals surface area (Å²) in [5, 5.41) is 0.708. The van der Waals surface area contributed by atoms with Crippen molar-refractivity contribution < 1.29 is 9.47 Å². The number of methoxy groups -OCH3 is 2. The van der Waals surface area contributed by atoms with E-state index in [1.807, 2.05) is 72.9 Å². The molecule has 3 aromatic carbocycles. The summed E-state index contributed by atoms with van der Waals surface area (Å²) >= 11 is 1.55. The van der Waals surface area contributed by atoms with Crippen LogP contribution in [-0.4, -0.2) is 24.2 Å². The summed E-state index contributed by atoms with van der Waals surface area (Å²) in [6.45, 7) is 0. The molecule has 0 amide bonds. The third kappa shape index (κ3) is 4.41. The monoisotopic (exact) mass is 400 g/mol. The zero-order valence-corrected chi connectivity index (χ0v) is 17.0. The van der Waals surface area contributed by atoms with Crippen molar-refractivity contribution in [2.24, 2.45) is 0 Å². The summed E-state index contributed by atoms with van der Waals surface area (Å²) in [7, 11) is 3.33. The summed E-state index contributed by atoms with van der Waals surface area (Å²) in [6, 6.07) is 26.0. The maximum absolute atomic E-state index is 5.30. The van der Waals surface area contributed by atoms with E-state index in [1.165, 1.54) is 0 Å². The van der Waals surface area contributed by atoms with Gasteiger partial charge >= 0.3 is 0 Å². The van der Waals surface area contributed by atoms with Crippen molar-refractivity contribution in [2.75, 3.05) is 14.2 Å². The first-order valence-corrected chi connectivity index (χ1v) is 9.97. The molecule has 0 atom stereocenters. The van der Waals surface area contributed by atoms with E-state index in [2.05, 4.69) is 17.1 Å². The average Bonchev–Trinajstić information content (AvgIpc) is 2.80. The predicted octanol–water partition coefficient (Wildman–Crippen LogP) is 5.98. The van der Waals surface area contributed by atoms with Crippen LogP contribution in [0.1, 0.15) is 0 Å². The molecule has 144 valence electrons. The molecule has 4 aromatic rings. The predicted molar refractivity (Wildman–Crippen MR) is 117 cm³/mol. The van der Waals surface area contributed by atoms with Crippen LogP contribution in [0.4, 0.5) is 0 Å². The Kier molecular flexibility index (Phi) is 5.77. The number of hydrogen-bond acceptors (Lipinski definition) is 5. The second kappa shape index (κ2) is 8.80. The van der Waals surface area contributed by atoms with Crippen molar-refractivity contribution in [2.45, 2.75) is 10.1 Å². The lowest BCUT2D eigenvalue weighted by atomic mass is 10.0. The van der Waals surface area contributed by atoms with Crippen LogP contribution in [0.2, 0.25) is 0 Å². The molecule has 0 saturated carbocycles. The highest BCUT2D eigenvalue weighted by Crippen LogP contribution is 2.34. The first kappa shape index (κ1) is 19.0. The fraction of sp³-hybridized carbons (Fsp3) is 0.0833. The molecule has 0 aliphatic rings. The van der Waals surface area contributed by atoms with Gasteiger partial charge in [-0.2, -0.15) is 0 Å². The Bertz CT molecular complexity index is 1080. The Labute approximate surface area is 174 Å². The topological polar surface area (TPSA) is 44.2 Å². The summed E-state index contributed by atoms with van der Waals surface area (Å²) < 4.78 is 10.6. The van der Waals surface area contributed by atoms with Crippen molar-refractivity contribution in [3.8, 4) is 33.9 Å². The van der Waals surface area contributed by atoms with Gasteiger partial charge in [0.1, 0.15) is 11.5 Å². The van der Waals surface area contributed by atoms with Crippen LogP contribution in [-0.2, 0) is 0 Å². The summed E-state index contributed by atoms with van der Waals surface area (Å²) in [5.74, 6) is 1.63. The molecule has 0 N–H and O–H groups in total. The normalized spacial score (nSPS) is 10.6. The largest absolute Gasteiger partial charge is 0.497 e. The Hall–Kier alpha value is -3.31. The van der Waals surface area contributed by atoms with Gasteiger partial charge in [-0.1, -0.05) is 30.3 Å². The first-order chi connectivity index (χ1) is 14.3. The summed E-state index contributed by atoms with van der Waals surface area (Å²) in [6.07, 6.45) is 1.89. The van der Waals surface area contributed by atoms with Crippen molar-refractivity contribution in [3.05, 3.63) is 85.1 Å². The van der Waals surface area contributed by atoms with E-state index < -0.39 is 0 Å². The lowest BCUT2D eigenvalue weighted by Crippen LogP contribution is -1.95. The minimum Gasteiger partial charge on any atom is -0.497 e. The molecule has 0 aliphatic carbocycles. The highest BCUT2D eigenvalue weighted by molar-refractivity contribution is 7.99. The van der Waals surface area contributed by atoms with Crippen LogP contribution in [0.5, 0.6) is 11.5 Å². The molecule has 0 bridgehead atoms. The van der Waals surface area contributed by atoms with Gasteiger partial charge in [-0.3, -0.25) is 0 Å². The lowest BCUT2D eigenvalue weighted by molar-refractivity contribution is 0.414. The minimum atomic E-state index is 0.708. The highest BCUT2D eigenvalue weighted by Gasteiger charge is 2.13. The van der Waals surface area contributed by atoms with Crippen LogP contribution in [0, 0.1) is 0 Å². The number of hydrogen-bond donors (Lipinski definition) is 0. The zero-order chi connectivity index (χ0) is 20.1. The molecule has 1 heterocycles. The van der Waals surface area contributed by atoms with E-state index in [0.717, 1.165) is 38.8 Å². The van der Waals surface area contributed by atoms with Crippen LogP contribution in [0.25, 0.3) is 22.4 Å². The molecular weight excluding hydrogens is 380 g/mol. The van der Waals surface area contributed by atoms with Crippen LogP contribution in [0.15, 0.2) is 95.1 Å². The smallest absolute Gasteiger partial charge is 0.193 e. The minimum absolute atomic E-state index is 0.708. The fourth-order valence-corrected chi connectivity index (χ4v) is 3.71. The molecule has 4 rings (SSSR count). The first-order valence-electron chi connectivity index (χ1n) is 9.15. The third-order valence-corrected chi connectivity index (χ3v) is 5.37. The number of rotatable bonds is 6. The molecule has 1 aromatic heterocycles. The molecule has 0 radical (unpaired) electrons. The number of aromatic nitrogens is 2. The Morgan fingerprint density at radius 2 is 1.28 bits per heavy atom. The zero-order valence-electron chi connectivity index (χ0n) is 16.2. The van der Waals surface area contributed by atoms with Gasteiger partial charge < -0.3 is 9.47 Å². The maximum Gasteiger partial charge on any atom is 0.193 e. The van der Waals surface area contributed by atoms with Gasteiger partial charge in [0.2, 0.25) is 0 Å². The van der Waals surface area contributed by atoms with Crippen molar-refractivity contribution in [1.82, 2.24) is 9.97 Å². The van der Waals surface area contributed by atoms with E-state index in [-0.39, 0.29) is 0 Å². The fourth-order valence-electron chi connectivity index (χ4n) is 2.96. The standard InChI is InChI=1S/C24H20N2O2S/c1-27-19-12-8-17(9-13-19)22-16-25-24(29-21-6-4-3-5-7-21)26-23(22)18-10-14-20(28-2)15-11-18/h3-16H,1-2H3. The molecule has 29 heavy (non-hydrogen) atoms. The van der Waals surface area contributed by atoms with Crippen LogP contribution >= 0.6 is 11.8 Å². The van der Waals surface area contributed by atoms with E-state index >= 15 is 0 Å². The van der Waals surface area contributed by atoms with Crippen molar-refractivity contribution in [1.29, 1.82) is 0 Å². The molecule has 0 fully saturated rings. The molecule has 0 saturated heterocycles. The second-order valence-corrected chi connectivity index (χ2v) is 7.33. The van der Waals surface area contributed by atoms with Crippen LogP contribution < -0.4 is 9.47 Å². The highest BCUT2D eigenvalue weighted by atomic mass is 32.2. The number of ether oxygens (including phenoxy) is 2. The molecule has 5 heteroatoms.